The molecule has 5 nitrogen and oxygen atoms in total. The molecule has 0 aliphatic carbocycles. The van der Waals surface area contributed by atoms with Crippen LogP contribution in [0.5, 0.6) is 0 Å². The largest absolute Gasteiger partial charge is 0.339 e. The first-order valence-electron chi connectivity index (χ1n) is 6.83. The molecular formula is C13H28N4O. The van der Waals surface area contributed by atoms with Crippen molar-refractivity contribution < 1.29 is 4.79 Å². The molecule has 0 spiro atoms. The first-order valence-corrected chi connectivity index (χ1v) is 6.83. The van der Waals surface area contributed by atoms with E-state index < -0.39 is 0 Å². The Balaban J connectivity index is 2.16. The number of carbonyl (C=O) groups excluding carboxylic acids is 1. The van der Waals surface area contributed by atoms with E-state index in [0.717, 1.165) is 39.1 Å². The fourth-order valence-corrected chi connectivity index (χ4v) is 1.98. The van der Waals surface area contributed by atoms with Crippen molar-refractivity contribution in [3.05, 3.63) is 0 Å². The summed E-state index contributed by atoms with van der Waals surface area (Å²) in [6, 6.07) is 0.392. The van der Waals surface area contributed by atoms with Gasteiger partial charge in [-0.1, -0.05) is 0 Å². The van der Waals surface area contributed by atoms with Gasteiger partial charge in [-0.3, -0.25) is 4.79 Å². The maximum absolute atomic E-state index is 12.0. The highest BCUT2D eigenvalue weighted by Crippen LogP contribution is 1.99. The van der Waals surface area contributed by atoms with E-state index in [0.29, 0.717) is 12.6 Å². The maximum Gasteiger partial charge on any atom is 0.236 e. The molecule has 1 amide bonds. The van der Waals surface area contributed by atoms with Gasteiger partial charge in [-0.05, 0) is 41.0 Å². The van der Waals surface area contributed by atoms with Crippen LogP contribution in [0.3, 0.4) is 0 Å². The summed E-state index contributed by atoms with van der Waals surface area (Å²) in [6.07, 6.45) is 1.07. The van der Waals surface area contributed by atoms with Gasteiger partial charge in [0.05, 0.1) is 6.54 Å². The van der Waals surface area contributed by atoms with E-state index in [1.165, 1.54) is 0 Å². The molecule has 18 heavy (non-hydrogen) atoms. The molecule has 106 valence electrons. The lowest BCUT2D eigenvalue weighted by atomic mass is 10.2. The monoisotopic (exact) mass is 256 g/mol. The van der Waals surface area contributed by atoms with Crippen molar-refractivity contribution in [2.24, 2.45) is 0 Å². The number of nitrogens with zero attached hydrogens (tertiary/aromatic N) is 3. The highest BCUT2D eigenvalue weighted by Gasteiger charge is 2.18. The molecule has 1 saturated heterocycles. The van der Waals surface area contributed by atoms with Gasteiger partial charge in [0.1, 0.15) is 0 Å². The van der Waals surface area contributed by atoms with Crippen molar-refractivity contribution >= 4 is 5.91 Å². The van der Waals surface area contributed by atoms with E-state index in [-0.39, 0.29) is 5.91 Å². The second-order valence-corrected chi connectivity index (χ2v) is 5.56. The van der Waals surface area contributed by atoms with Crippen LogP contribution in [0.15, 0.2) is 0 Å². The Bertz CT molecular complexity index is 249. The van der Waals surface area contributed by atoms with E-state index >= 15 is 0 Å². The van der Waals surface area contributed by atoms with E-state index in [1.54, 1.807) is 0 Å². The Hall–Kier alpha value is -0.650. The van der Waals surface area contributed by atoms with Gasteiger partial charge in [0, 0.05) is 32.2 Å². The second-order valence-electron chi connectivity index (χ2n) is 5.56. The van der Waals surface area contributed by atoms with Gasteiger partial charge in [0.25, 0.3) is 0 Å². The molecule has 0 aromatic rings. The molecule has 1 aliphatic rings. The smallest absolute Gasteiger partial charge is 0.236 e. The molecule has 0 aromatic heterocycles. The van der Waals surface area contributed by atoms with Gasteiger partial charge in [0.2, 0.25) is 5.91 Å². The van der Waals surface area contributed by atoms with Gasteiger partial charge in [0.15, 0.2) is 0 Å². The van der Waals surface area contributed by atoms with Crippen LogP contribution in [0.25, 0.3) is 0 Å². The summed E-state index contributed by atoms with van der Waals surface area (Å²) in [5.74, 6) is 0.236. The normalized spacial score (nSPS) is 19.3. The highest BCUT2D eigenvalue weighted by molar-refractivity contribution is 5.78. The third-order valence-electron chi connectivity index (χ3n) is 3.47. The second kappa shape index (κ2) is 7.71. The van der Waals surface area contributed by atoms with Crippen molar-refractivity contribution in [1.29, 1.82) is 0 Å². The molecule has 1 rings (SSSR count). The summed E-state index contributed by atoms with van der Waals surface area (Å²) >= 11 is 0. The molecule has 1 unspecified atom stereocenters. The van der Waals surface area contributed by atoms with Crippen molar-refractivity contribution in [1.82, 2.24) is 20.0 Å². The molecule has 1 fully saturated rings. The van der Waals surface area contributed by atoms with Gasteiger partial charge in [-0.2, -0.15) is 0 Å². The Morgan fingerprint density at radius 3 is 2.44 bits per heavy atom. The summed E-state index contributed by atoms with van der Waals surface area (Å²) in [6.45, 7) is 7.37. The zero-order valence-electron chi connectivity index (χ0n) is 12.3. The average molecular weight is 256 g/mol. The summed E-state index contributed by atoms with van der Waals surface area (Å²) in [5, 5.41) is 3.31. The van der Waals surface area contributed by atoms with Gasteiger partial charge in [-0.15, -0.1) is 0 Å². The predicted octanol–water partition coefficient (Wildman–Crippen LogP) is -0.310. The predicted molar refractivity (Wildman–Crippen MR) is 74.7 cm³/mol. The van der Waals surface area contributed by atoms with E-state index in [9.17, 15) is 4.79 Å². The van der Waals surface area contributed by atoms with Crippen LogP contribution in [0.4, 0.5) is 0 Å². The van der Waals surface area contributed by atoms with Crippen LogP contribution in [0.2, 0.25) is 0 Å². The molecule has 1 atom stereocenters. The number of piperazine rings is 1. The Labute approximate surface area is 111 Å². The number of nitrogens with one attached hydrogen (secondary N) is 1. The Morgan fingerprint density at radius 1 is 1.28 bits per heavy atom. The zero-order valence-corrected chi connectivity index (χ0v) is 12.3. The van der Waals surface area contributed by atoms with Crippen LogP contribution in [0, 0.1) is 0 Å². The average Bonchev–Trinajstić information content (AvgIpc) is 2.34. The molecule has 1 aliphatic heterocycles. The van der Waals surface area contributed by atoms with E-state index in [4.69, 9.17) is 0 Å². The lowest BCUT2D eigenvalue weighted by Gasteiger charge is -2.32. The topological polar surface area (TPSA) is 38.8 Å². The maximum atomic E-state index is 12.0. The fourth-order valence-electron chi connectivity index (χ4n) is 1.98. The van der Waals surface area contributed by atoms with Crippen LogP contribution in [-0.4, -0.2) is 87.1 Å². The number of rotatable bonds is 6. The minimum atomic E-state index is 0.236. The van der Waals surface area contributed by atoms with E-state index in [2.05, 4.69) is 43.2 Å². The Morgan fingerprint density at radius 2 is 1.89 bits per heavy atom. The molecular weight excluding hydrogens is 228 g/mol. The first-order chi connectivity index (χ1) is 8.49. The minimum absolute atomic E-state index is 0.236. The fraction of sp³-hybridized carbons (Fsp3) is 0.923. The summed E-state index contributed by atoms with van der Waals surface area (Å²) in [5.41, 5.74) is 0. The molecule has 5 heteroatoms. The van der Waals surface area contributed by atoms with Crippen LogP contribution < -0.4 is 5.32 Å². The summed E-state index contributed by atoms with van der Waals surface area (Å²) in [7, 11) is 6.24. The summed E-state index contributed by atoms with van der Waals surface area (Å²) < 4.78 is 0. The van der Waals surface area contributed by atoms with Crippen molar-refractivity contribution in [2.75, 3.05) is 60.4 Å². The molecule has 1 N–H and O–H groups in total. The van der Waals surface area contributed by atoms with Gasteiger partial charge >= 0.3 is 0 Å². The van der Waals surface area contributed by atoms with Crippen molar-refractivity contribution in [3.63, 3.8) is 0 Å². The highest BCUT2D eigenvalue weighted by atomic mass is 16.2. The molecule has 0 aromatic carbocycles. The van der Waals surface area contributed by atoms with Crippen molar-refractivity contribution in [3.8, 4) is 0 Å². The zero-order chi connectivity index (χ0) is 13.5. The van der Waals surface area contributed by atoms with Crippen LogP contribution in [0.1, 0.15) is 13.3 Å². The minimum Gasteiger partial charge on any atom is -0.339 e. The quantitative estimate of drug-likeness (QED) is 0.708. The molecule has 1 heterocycles. The molecule has 0 saturated carbocycles. The van der Waals surface area contributed by atoms with Crippen LogP contribution in [-0.2, 0) is 4.79 Å². The van der Waals surface area contributed by atoms with E-state index in [1.807, 2.05) is 4.90 Å². The summed E-state index contributed by atoms with van der Waals surface area (Å²) in [4.78, 5) is 18.4. The van der Waals surface area contributed by atoms with Gasteiger partial charge < -0.3 is 20.0 Å². The van der Waals surface area contributed by atoms with Crippen LogP contribution >= 0.6 is 0 Å². The molecule has 0 radical (unpaired) electrons. The number of carbonyl (C=O) groups is 1. The number of hydrogen-bond acceptors (Lipinski definition) is 4. The first kappa shape index (κ1) is 15.4. The number of hydrogen-bond donors (Lipinski definition) is 1. The lowest BCUT2D eigenvalue weighted by Crippen LogP contribution is -2.50. The van der Waals surface area contributed by atoms with Crippen molar-refractivity contribution in [2.45, 2.75) is 19.4 Å². The van der Waals surface area contributed by atoms with Gasteiger partial charge in [-0.25, -0.2) is 0 Å². The third-order valence-corrected chi connectivity index (χ3v) is 3.47. The number of likely N-dealkylation sites (N-methyl/N-ethyl adjacent to an activating group) is 1. The standard InChI is InChI=1S/C13H28N4O/c1-12(5-6-15(2)3)14-11-13(18)17-9-7-16(4)8-10-17/h12,14H,5-11H2,1-4H3. The SMILES string of the molecule is CC(CCN(C)C)NCC(=O)N1CCN(C)CC1. The Kier molecular flexibility index (Phi) is 6.60. The number of amides is 1. The molecule has 0 bridgehead atoms. The third kappa shape index (κ3) is 5.80. The lowest BCUT2D eigenvalue weighted by molar-refractivity contribution is -0.131.